The van der Waals surface area contributed by atoms with Gasteiger partial charge in [0.1, 0.15) is 0 Å². The predicted molar refractivity (Wildman–Crippen MR) is 30.4 cm³/mol. The van der Waals surface area contributed by atoms with Crippen LogP contribution in [0.5, 0.6) is 0 Å². The summed E-state index contributed by atoms with van der Waals surface area (Å²) in [6.45, 7) is 4.33. The fraction of sp³-hybridized carbons (Fsp3) is 1.00. The van der Waals surface area contributed by atoms with Crippen molar-refractivity contribution in [3.05, 3.63) is 0 Å². The first-order valence-corrected chi connectivity index (χ1v) is 3.04. The predicted octanol–water partition coefficient (Wildman–Crippen LogP) is -1.31. The van der Waals surface area contributed by atoms with Gasteiger partial charge in [-0.1, -0.05) is 13.8 Å². The zero-order valence-corrected chi connectivity index (χ0v) is 7.98. The van der Waals surface area contributed by atoms with E-state index in [1.165, 1.54) is 12.8 Å². The number of rotatable bonds is 2. The molecular weight excluding hydrogens is 111 g/mol. The summed E-state index contributed by atoms with van der Waals surface area (Å²) in [4.78, 5) is 0. The molecule has 0 aromatic carbocycles. The zero-order chi connectivity index (χ0) is 5.28. The van der Waals surface area contributed by atoms with Gasteiger partial charge in [0.05, 0.1) is 12.2 Å². The third kappa shape index (κ3) is 2.06. The second kappa shape index (κ2) is 3.89. The molecule has 0 spiro atoms. The summed E-state index contributed by atoms with van der Waals surface area (Å²) in [6.07, 6.45) is 3.62. The van der Waals surface area contributed by atoms with Crippen molar-refractivity contribution in [1.29, 1.82) is 0 Å². The van der Waals surface area contributed by atoms with E-state index in [1.807, 2.05) is 0 Å². The Balaban J connectivity index is 0. The second-order valence-corrected chi connectivity index (χ2v) is 2.03. The maximum Gasteiger partial charge on any atom is 1.00 e. The zero-order valence-electron chi connectivity index (χ0n) is 6.98. The molecule has 1 saturated heterocycles. The molecule has 44 valence electrons. The molecule has 0 amide bonds. The summed E-state index contributed by atoms with van der Waals surface area (Å²) in [5, 5.41) is 0. The number of hydrogen-bond acceptors (Lipinski definition) is 1. The van der Waals surface area contributed by atoms with Crippen LogP contribution in [-0.4, -0.2) is 12.2 Å². The largest absolute Gasteiger partial charge is 1.00 e. The number of hydrogen-bond donors (Lipinski definition) is 0. The molecule has 0 N–H and O–H groups in total. The first-order chi connectivity index (χ1) is 3.38. The van der Waals surface area contributed by atoms with E-state index in [1.54, 1.807) is 0 Å². The average Bonchev–Trinajstić information content (AvgIpc) is 2.43. The average molecular weight is 124 g/mol. The summed E-state index contributed by atoms with van der Waals surface area (Å²) in [6, 6.07) is 0. The first-order valence-electron chi connectivity index (χ1n) is 3.04. The molecule has 1 rings (SSSR count). The summed E-state index contributed by atoms with van der Waals surface area (Å²) in [5.74, 6) is 0. The van der Waals surface area contributed by atoms with Gasteiger partial charge in [0.15, 0.2) is 0 Å². The Morgan fingerprint density at radius 2 is 1.62 bits per heavy atom. The van der Waals surface area contributed by atoms with Crippen LogP contribution in [0.3, 0.4) is 0 Å². The Morgan fingerprint density at radius 1 is 1.25 bits per heavy atom. The molecule has 1 nitrogen and oxygen atoms in total. The Labute approximate surface area is 74.6 Å². The third-order valence-corrected chi connectivity index (χ3v) is 1.49. The van der Waals surface area contributed by atoms with Crippen LogP contribution in [0, 0.1) is 0 Å². The van der Waals surface area contributed by atoms with Crippen LogP contribution in [0.15, 0.2) is 0 Å². The summed E-state index contributed by atoms with van der Waals surface area (Å²) < 4.78 is 5.22. The maximum absolute atomic E-state index is 5.22. The molecule has 2 atom stereocenters. The Morgan fingerprint density at radius 3 is 1.75 bits per heavy atom. The molecule has 2 heteroatoms. The maximum atomic E-state index is 5.22. The molecule has 2 unspecified atom stereocenters. The van der Waals surface area contributed by atoms with E-state index in [4.69, 9.17) is 4.74 Å². The van der Waals surface area contributed by atoms with Gasteiger partial charge in [-0.15, -0.1) is 0 Å². The molecule has 0 radical (unpaired) electrons. The fourth-order valence-corrected chi connectivity index (χ4v) is 0.897. The quantitative estimate of drug-likeness (QED) is 0.329. The van der Waals surface area contributed by atoms with Gasteiger partial charge in [-0.2, -0.15) is 0 Å². The van der Waals surface area contributed by atoms with Crippen molar-refractivity contribution in [2.45, 2.75) is 38.9 Å². The van der Waals surface area contributed by atoms with Crippen molar-refractivity contribution >= 4 is 0 Å². The standard InChI is InChI=1S/C6H12O.Na.H/c1-3-5-6(4-2)7-5;;/h5-6H,3-4H2,1-2H3;;/q;+1;-1. The van der Waals surface area contributed by atoms with E-state index in [-0.39, 0.29) is 31.0 Å². The van der Waals surface area contributed by atoms with E-state index < -0.39 is 0 Å². The molecule has 0 aromatic heterocycles. The van der Waals surface area contributed by atoms with Crippen LogP contribution in [-0.2, 0) is 4.74 Å². The van der Waals surface area contributed by atoms with Crippen LogP contribution in [0.2, 0.25) is 0 Å². The van der Waals surface area contributed by atoms with E-state index in [0.29, 0.717) is 12.2 Å². The molecular formula is C6H13NaO. The van der Waals surface area contributed by atoms with Gasteiger partial charge in [0, 0.05) is 0 Å². The molecule has 1 aliphatic heterocycles. The third-order valence-electron chi connectivity index (χ3n) is 1.49. The molecule has 1 heterocycles. The molecule has 0 saturated carbocycles. The Hall–Kier alpha value is 0.960. The van der Waals surface area contributed by atoms with Gasteiger partial charge in [-0.3, -0.25) is 0 Å². The monoisotopic (exact) mass is 124 g/mol. The summed E-state index contributed by atoms with van der Waals surface area (Å²) >= 11 is 0. The number of epoxide rings is 1. The van der Waals surface area contributed by atoms with Gasteiger partial charge >= 0.3 is 29.6 Å². The minimum Gasteiger partial charge on any atom is -1.00 e. The van der Waals surface area contributed by atoms with E-state index >= 15 is 0 Å². The minimum absolute atomic E-state index is 0. The normalized spacial score (nSPS) is 33.8. The van der Waals surface area contributed by atoms with Crippen molar-refractivity contribution in [1.82, 2.24) is 0 Å². The van der Waals surface area contributed by atoms with E-state index in [2.05, 4.69) is 13.8 Å². The Bertz CT molecular complexity index is 62.1. The minimum atomic E-state index is 0. The van der Waals surface area contributed by atoms with Gasteiger partial charge in [-0.25, -0.2) is 0 Å². The van der Waals surface area contributed by atoms with Gasteiger partial charge in [-0.05, 0) is 12.8 Å². The fourth-order valence-electron chi connectivity index (χ4n) is 0.897. The van der Waals surface area contributed by atoms with Crippen LogP contribution in [0.1, 0.15) is 28.1 Å². The number of ether oxygens (including phenoxy) is 1. The van der Waals surface area contributed by atoms with Crippen molar-refractivity contribution in [3.63, 3.8) is 0 Å². The van der Waals surface area contributed by atoms with Gasteiger partial charge < -0.3 is 6.16 Å². The molecule has 1 fully saturated rings. The SMILES string of the molecule is CCC1OC1CC.[H-].[Na+]. The van der Waals surface area contributed by atoms with Crippen molar-refractivity contribution < 1.29 is 35.7 Å². The van der Waals surface area contributed by atoms with Crippen LogP contribution in [0.25, 0.3) is 0 Å². The molecule has 0 aliphatic carbocycles. The van der Waals surface area contributed by atoms with Crippen molar-refractivity contribution in [2.75, 3.05) is 0 Å². The smallest absolute Gasteiger partial charge is 1.00 e. The van der Waals surface area contributed by atoms with Crippen LogP contribution < -0.4 is 29.6 Å². The molecule has 1 aliphatic rings. The first kappa shape index (κ1) is 8.96. The van der Waals surface area contributed by atoms with E-state index in [9.17, 15) is 0 Å². The van der Waals surface area contributed by atoms with Crippen LogP contribution in [0.4, 0.5) is 0 Å². The van der Waals surface area contributed by atoms with E-state index in [0.717, 1.165) is 0 Å². The molecule has 8 heavy (non-hydrogen) atoms. The van der Waals surface area contributed by atoms with Crippen molar-refractivity contribution in [2.24, 2.45) is 0 Å². The second-order valence-electron chi connectivity index (χ2n) is 2.03. The van der Waals surface area contributed by atoms with Gasteiger partial charge in [0.25, 0.3) is 0 Å². The van der Waals surface area contributed by atoms with Crippen molar-refractivity contribution in [3.8, 4) is 0 Å². The topological polar surface area (TPSA) is 12.5 Å². The molecule has 0 bridgehead atoms. The Kier molecular flexibility index (Phi) is 4.35. The molecule has 0 aromatic rings. The summed E-state index contributed by atoms with van der Waals surface area (Å²) in [7, 11) is 0. The summed E-state index contributed by atoms with van der Waals surface area (Å²) in [5.41, 5.74) is 0. The van der Waals surface area contributed by atoms with Gasteiger partial charge in [0.2, 0.25) is 0 Å². The van der Waals surface area contributed by atoms with Crippen LogP contribution >= 0.6 is 0 Å².